The van der Waals surface area contributed by atoms with E-state index in [1.807, 2.05) is 20.8 Å². The second kappa shape index (κ2) is 5.75. The zero-order valence-electron chi connectivity index (χ0n) is 10.8. The summed E-state index contributed by atoms with van der Waals surface area (Å²) >= 11 is 0. The molecule has 0 aliphatic rings. The van der Waals surface area contributed by atoms with Gasteiger partial charge < -0.3 is 15.2 Å². The highest BCUT2D eigenvalue weighted by molar-refractivity contribution is 5.56. The number of nitrogen functional groups attached to an aromatic ring is 1. The minimum atomic E-state index is -0.464. The number of anilines is 1. The van der Waals surface area contributed by atoms with Gasteiger partial charge in [0.25, 0.3) is 0 Å². The summed E-state index contributed by atoms with van der Waals surface area (Å²) in [6.45, 7) is 8.25. The number of hydrogen-bond donors (Lipinski definition) is 1. The van der Waals surface area contributed by atoms with E-state index in [4.69, 9.17) is 15.2 Å². The van der Waals surface area contributed by atoms with Crippen molar-refractivity contribution in [3.05, 3.63) is 17.9 Å². The third kappa shape index (κ3) is 3.51. The summed E-state index contributed by atoms with van der Waals surface area (Å²) in [5.74, 6) is 0.535. The van der Waals surface area contributed by atoms with Gasteiger partial charge in [-0.15, -0.1) is 0 Å². The number of ether oxygens (including phenoxy) is 2. The summed E-state index contributed by atoms with van der Waals surface area (Å²) in [6, 6.07) is 2.74. The van der Waals surface area contributed by atoms with Crippen LogP contribution in [0.1, 0.15) is 27.7 Å². The molecule has 1 aromatic carbocycles. The summed E-state index contributed by atoms with van der Waals surface area (Å²) in [6.07, 6.45) is 0.0113. The summed E-state index contributed by atoms with van der Waals surface area (Å²) in [7, 11) is 0. The van der Waals surface area contributed by atoms with E-state index in [9.17, 15) is 4.39 Å². The molecule has 0 heterocycles. The van der Waals surface area contributed by atoms with Crippen LogP contribution in [0.25, 0.3) is 0 Å². The van der Waals surface area contributed by atoms with Gasteiger partial charge in [-0.05, 0) is 19.8 Å². The fourth-order valence-corrected chi connectivity index (χ4v) is 1.25. The minimum absolute atomic E-state index is 0.0113. The molecule has 0 aliphatic heterocycles. The molecule has 0 fully saturated rings. The van der Waals surface area contributed by atoms with Gasteiger partial charge in [-0.25, -0.2) is 4.39 Å². The van der Waals surface area contributed by atoms with Crippen molar-refractivity contribution < 1.29 is 13.9 Å². The Morgan fingerprint density at radius 3 is 2.41 bits per heavy atom. The highest BCUT2D eigenvalue weighted by Gasteiger charge is 2.14. The highest BCUT2D eigenvalue weighted by Crippen LogP contribution is 2.31. The molecule has 0 amide bonds. The van der Waals surface area contributed by atoms with E-state index in [1.165, 1.54) is 12.1 Å². The minimum Gasteiger partial charge on any atom is -0.491 e. The van der Waals surface area contributed by atoms with Gasteiger partial charge in [-0.2, -0.15) is 0 Å². The van der Waals surface area contributed by atoms with Crippen LogP contribution in [0.4, 0.5) is 10.1 Å². The molecule has 17 heavy (non-hydrogen) atoms. The Bertz CT molecular complexity index is 380. The van der Waals surface area contributed by atoms with Gasteiger partial charge in [0.2, 0.25) is 0 Å². The van der Waals surface area contributed by atoms with Gasteiger partial charge in [0.15, 0.2) is 11.6 Å². The van der Waals surface area contributed by atoms with Gasteiger partial charge >= 0.3 is 0 Å². The van der Waals surface area contributed by atoms with Crippen molar-refractivity contribution in [2.24, 2.45) is 5.92 Å². The molecule has 0 aromatic heterocycles. The summed E-state index contributed by atoms with van der Waals surface area (Å²) in [5, 5.41) is 0. The molecule has 2 N–H and O–H groups in total. The maximum Gasteiger partial charge on any atom is 0.167 e. The van der Waals surface area contributed by atoms with Gasteiger partial charge in [-0.3, -0.25) is 0 Å². The number of nitrogens with two attached hydrogens (primary N) is 1. The van der Waals surface area contributed by atoms with E-state index in [0.29, 0.717) is 24.0 Å². The molecule has 1 aromatic rings. The van der Waals surface area contributed by atoms with Gasteiger partial charge in [0.1, 0.15) is 5.75 Å². The molecule has 0 spiro atoms. The highest BCUT2D eigenvalue weighted by atomic mass is 19.1. The molecule has 0 saturated heterocycles. The van der Waals surface area contributed by atoms with E-state index in [0.717, 1.165) is 0 Å². The predicted molar refractivity (Wildman–Crippen MR) is 66.9 cm³/mol. The Labute approximate surface area is 102 Å². The second-order valence-corrected chi connectivity index (χ2v) is 4.32. The predicted octanol–water partition coefficient (Wildman–Crippen LogP) is 3.23. The Hall–Kier alpha value is -1.45. The molecule has 3 nitrogen and oxygen atoms in total. The fraction of sp³-hybridized carbons (Fsp3) is 0.538. The number of halogens is 1. The van der Waals surface area contributed by atoms with Crippen LogP contribution in [-0.2, 0) is 0 Å². The Morgan fingerprint density at radius 2 is 1.88 bits per heavy atom. The topological polar surface area (TPSA) is 44.5 Å². The van der Waals surface area contributed by atoms with Crippen molar-refractivity contribution >= 4 is 5.69 Å². The van der Waals surface area contributed by atoms with E-state index >= 15 is 0 Å². The first-order chi connectivity index (χ1) is 7.95. The first-order valence-corrected chi connectivity index (χ1v) is 5.84. The van der Waals surface area contributed by atoms with Gasteiger partial charge in [0, 0.05) is 12.1 Å². The van der Waals surface area contributed by atoms with Crippen LogP contribution in [-0.4, -0.2) is 12.7 Å². The van der Waals surface area contributed by atoms with Crippen molar-refractivity contribution in [2.45, 2.75) is 33.8 Å². The normalized spacial score (nSPS) is 12.6. The molecule has 0 radical (unpaired) electrons. The van der Waals surface area contributed by atoms with Crippen molar-refractivity contribution in [3.63, 3.8) is 0 Å². The third-order valence-corrected chi connectivity index (χ3v) is 2.62. The van der Waals surface area contributed by atoms with E-state index in [2.05, 4.69) is 0 Å². The molecule has 0 bridgehead atoms. The number of benzene rings is 1. The van der Waals surface area contributed by atoms with Crippen LogP contribution in [0, 0.1) is 11.7 Å². The average Bonchev–Trinajstić information content (AvgIpc) is 2.24. The molecule has 0 aliphatic carbocycles. The zero-order valence-corrected chi connectivity index (χ0v) is 10.8. The third-order valence-electron chi connectivity index (χ3n) is 2.62. The van der Waals surface area contributed by atoms with Gasteiger partial charge in [-0.1, -0.05) is 13.8 Å². The van der Waals surface area contributed by atoms with E-state index in [1.54, 1.807) is 6.92 Å². The lowest BCUT2D eigenvalue weighted by atomic mass is 10.1. The standard InChI is InChI=1S/C13H20FNO2/c1-5-16-12-7-13(11(15)6-10(12)14)17-9(4)8(2)3/h6-9H,5,15H2,1-4H3. The Kier molecular flexibility index (Phi) is 4.61. The molecular weight excluding hydrogens is 221 g/mol. The smallest absolute Gasteiger partial charge is 0.167 e. The van der Waals surface area contributed by atoms with Crippen LogP contribution in [0.3, 0.4) is 0 Å². The molecule has 1 rings (SSSR count). The van der Waals surface area contributed by atoms with E-state index in [-0.39, 0.29) is 11.9 Å². The lowest BCUT2D eigenvalue weighted by molar-refractivity contribution is 0.170. The molecule has 4 heteroatoms. The largest absolute Gasteiger partial charge is 0.491 e. The number of hydrogen-bond acceptors (Lipinski definition) is 3. The zero-order chi connectivity index (χ0) is 13.0. The molecule has 1 unspecified atom stereocenters. The SMILES string of the molecule is CCOc1cc(OC(C)C(C)C)c(N)cc1F. The molecule has 0 saturated carbocycles. The maximum atomic E-state index is 13.5. The average molecular weight is 241 g/mol. The van der Waals surface area contributed by atoms with Crippen LogP contribution in [0.5, 0.6) is 11.5 Å². The summed E-state index contributed by atoms with van der Waals surface area (Å²) in [5.41, 5.74) is 6.00. The van der Waals surface area contributed by atoms with Crippen LogP contribution < -0.4 is 15.2 Å². The van der Waals surface area contributed by atoms with Crippen molar-refractivity contribution in [2.75, 3.05) is 12.3 Å². The molecule has 96 valence electrons. The maximum absolute atomic E-state index is 13.5. The quantitative estimate of drug-likeness (QED) is 0.805. The lowest BCUT2D eigenvalue weighted by Gasteiger charge is -2.20. The number of rotatable bonds is 5. The Morgan fingerprint density at radius 1 is 1.24 bits per heavy atom. The summed E-state index contributed by atoms with van der Waals surface area (Å²) in [4.78, 5) is 0. The van der Waals surface area contributed by atoms with Crippen LogP contribution in [0.2, 0.25) is 0 Å². The fourth-order valence-electron chi connectivity index (χ4n) is 1.25. The first kappa shape index (κ1) is 13.6. The van der Waals surface area contributed by atoms with Crippen molar-refractivity contribution in [3.8, 4) is 11.5 Å². The second-order valence-electron chi connectivity index (χ2n) is 4.32. The van der Waals surface area contributed by atoms with Crippen molar-refractivity contribution in [1.29, 1.82) is 0 Å². The van der Waals surface area contributed by atoms with Crippen molar-refractivity contribution in [1.82, 2.24) is 0 Å². The lowest BCUT2D eigenvalue weighted by Crippen LogP contribution is -2.19. The molecule has 1 atom stereocenters. The first-order valence-electron chi connectivity index (χ1n) is 5.84. The van der Waals surface area contributed by atoms with E-state index < -0.39 is 5.82 Å². The monoisotopic (exact) mass is 241 g/mol. The molecular formula is C13H20FNO2. The Balaban J connectivity index is 2.95. The van der Waals surface area contributed by atoms with Crippen LogP contribution in [0.15, 0.2) is 12.1 Å². The van der Waals surface area contributed by atoms with Crippen LogP contribution >= 0.6 is 0 Å². The summed E-state index contributed by atoms with van der Waals surface area (Å²) < 4.78 is 24.3. The van der Waals surface area contributed by atoms with Gasteiger partial charge in [0.05, 0.1) is 18.4 Å².